The molecule has 5 rings (SSSR count). The first-order valence-corrected chi connectivity index (χ1v) is 14.1. The molecule has 2 saturated heterocycles. The van der Waals surface area contributed by atoms with Crippen LogP contribution in [0, 0.1) is 0 Å². The molecule has 11 nitrogen and oxygen atoms in total. The highest BCUT2D eigenvalue weighted by molar-refractivity contribution is 7.51. The molecule has 0 radical (unpaired) electrons. The summed E-state index contributed by atoms with van der Waals surface area (Å²) in [6.45, 7) is 5.63. The summed E-state index contributed by atoms with van der Waals surface area (Å²) in [5, 5.41) is 0.878. The Kier molecular flexibility index (Phi) is 7.10. The molecule has 0 spiro atoms. The summed E-state index contributed by atoms with van der Waals surface area (Å²) in [6, 6.07) is 12.0. The number of ether oxygens (including phenoxy) is 4. The fourth-order valence-corrected chi connectivity index (χ4v) is 5.41. The number of fused-ring (bicyclic) bond motifs is 2. The molecule has 1 aromatic carbocycles. The number of hydrogen-bond donors (Lipinski definition) is 2. The van der Waals surface area contributed by atoms with E-state index >= 15 is 0 Å². The maximum absolute atomic E-state index is 11.2. The predicted molar refractivity (Wildman–Crippen MR) is 136 cm³/mol. The van der Waals surface area contributed by atoms with Crippen molar-refractivity contribution in [1.29, 1.82) is 0 Å². The minimum absolute atomic E-state index is 0.0220. The van der Waals surface area contributed by atoms with Crippen LogP contribution in [0.3, 0.4) is 0 Å². The quantitative estimate of drug-likeness (QED) is 0.314. The summed E-state index contributed by atoms with van der Waals surface area (Å²) < 4.78 is 36.8. The number of benzene rings is 1. The molecule has 0 aliphatic carbocycles. The van der Waals surface area contributed by atoms with Gasteiger partial charge in [-0.25, -0.2) is 0 Å². The molecule has 13 heteroatoms. The summed E-state index contributed by atoms with van der Waals surface area (Å²) in [5.41, 5.74) is 1.70. The van der Waals surface area contributed by atoms with Gasteiger partial charge >= 0.3 is 7.60 Å². The third-order valence-corrected chi connectivity index (χ3v) is 7.35. The van der Waals surface area contributed by atoms with E-state index in [1.165, 1.54) is 0 Å². The van der Waals surface area contributed by atoms with Gasteiger partial charge in [-0.3, -0.25) is 4.57 Å². The van der Waals surface area contributed by atoms with Gasteiger partial charge in [-0.15, -0.1) is 0 Å². The van der Waals surface area contributed by atoms with Crippen LogP contribution in [-0.4, -0.2) is 68.4 Å². The van der Waals surface area contributed by atoms with Crippen LogP contribution in [0.15, 0.2) is 42.6 Å². The average molecular weight is 553 g/mol. The summed E-state index contributed by atoms with van der Waals surface area (Å²) in [7, 11) is -2.36. The highest BCUT2D eigenvalue weighted by Crippen LogP contribution is 2.45. The molecule has 2 fully saturated rings. The van der Waals surface area contributed by atoms with Gasteiger partial charge in [0.2, 0.25) is 5.28 Å². The highest BCUT2D eigenvalue weighted by Gasteiger charge is 2.56. The van der Waals surface area contributed by atoms with Crippen molar-refractivity contribution in [2.75, 3.05) is 24.9 Å². The maximum atomic E-state index is 11.2. The molecule has 2 aromatic heterocycles. The van der Waals surface area contributed by atoms with Gasteiger partial charge in [-0.2, -0.15) is 9.97 Å². The number of hydrogen-bond acceptors (Lipinski definition) is 8. The Morgan fingerprint density at radius 1 is 1.19 bits per heavy atom. The van der Waals surface area contributed by atoms with E-state index in [1.54, 1.807) is 13.8 Å². The zero-order valence-corrected chi connectivity index (χ0v) is 22.5. The van der Waals surface area contributed by atoms with Crippen LogP contribution in [-0.2, 0) is 23.5 Å². The molecule has 37 heavy (non-hydrogen) atoms. The molecule has 5 atom stereocenters. The minimum atomic E-state index is -4.31. The first-order chi connectivity index (χ1) is 17.4. The number of halogens is 1. The van der Waals surface area contributed by atoms with Crippen molar-refractivity contribution in [3.05, 3.63) is 53.4 Å². The van der Waals surface area contributed by atoms with E-state index in [2.05, 4.69) is 29.0 Å². The fourth-order valence-electron chi connectivity index (χ4n) is 4.91. The predicted octanol–water partition coefficient (Wildman–Crippen LogP) is 3.85. The lowest BCUT2D eigenvalue weighted by molar-refractivity contribution is -0.201. The van der Waals surface area contributed by atoms with Gasteiger partial charge < -0.3 is 38.2 Å². The molecule has 1 unspecified atom stereocenters. The Morgan fingerprint density at radius 2 is 1.89 bits per heavy atom. The standard InChI is InChI=1S/C24H30ClN4O7P/c1-14(15-8-6-5-7-9-15)28(4)20-16-10-11-29(21(16)27-23(25)26-20)22-19-18(35-24(2,3)36-19)17(34-22)12-33-13-37(30,31)32/h5-11,14,17-19,22H,12-13H2,1-4H3,(H2,30,31,32)/t14?,17-,18-,19-,22-/m1/s1. The zero-order chi connectivity index (χ0) is 26.5. The zero-order valence-electron chi connectivity index (χ0n) is 20.9. The molecule has 2 aliphatic rings. The van der Waals surface area contributed by atoms with Crippen molar-refractivity contribution >= 4 is 36.0 Å². The summed E-state index contributed by atoms with van der Waals surface area (Å²) in [5.74, 6) is -0.199. The van der Waals surface area contributed by atoms with Crippen molar-refractivity contribution < 1.29 is 33.3 Å². The van der Waals surface area contributed by atoms with E-state index in [-0.39, 0.29) is 17.9 Å². The van der Waals surface area contributed by atoms with Crippen molar-refractivity contribution in [3.8, 4) is 0 Å². The van der Waals surface area contributed by atoms with Gasteiger partial charge in [0.05, 0.1) is 18.0 Å². The minimum Gasteiger partial charge on any atom is -0.366 e. The second-order valence-corrected chi connectivity index (χ2v) is 11.7. The number of rotatable bonds is 8. The summed E-state index contributed by atoms with van der Waals surface area (Å²) >= 11 is 6.40. The number of anilines is 1. The lowest BCUT2D eigenvalue weighted by atomic mass is 10.1. The van der Waals surface area contributed by atoms with Crippen LogP contribution in [0.1, 0.15) is 38.6 Å². The Hall–Kier alpha value is -2.08. The Bertz CT molecular complexity index is 1320. The molecule has 0 amide bonds. The maximum Gasteiger partial charge on any atom is 0.350 e. The van der Waals surface area contributed by atoms with Crippen molar-refractivity contribution in [3.63, 3.8) is 0 Å². The monoisotopic (exact) mass is 552 g/mol. The van der Waals surface area contributed by atoms with Crippen LogP contribution >= 0.6 is 19.2 Å². The van der Waals surface area contributed by atoms with E-state index in [0.717, 1.165) is 10.9 Å². The second-order valence-electron chi connectivity index (χ2n) is 9.77. The highest BCUT2D eigenvalue weighted by atomic mass is 35.5. The van der Waals surface area contributed by atoms with Crippen LogP contribution in [0.5, 0.6) is 0 Å². The van der Waals surface area contributed by atoms with E-state index in [9.17, 15) is 4.57 Å². The van der Waals surface area contributed by atoms with E-state index in [1.807, 2.05) is 47.0 Å². The number of aromatic nitrogens is 3. The largest absolute Gasteiger partial charge is 0.366 e. The van der Waals surface area contributed by atoms with Gasteiger partial charge in [0.25, 0.3) is 0 Å². The van der Waals surface area contributed by atoms with Crippen molar-refractivity contribution in [2.24, 2.45) is 0 Å². The van der Waals surface area contributed by atoms with Crippen LogP contribution in [0.4, 0.5) is 5.82 Å². The molecule has 4 heterocycles. The van der Waals surface area contributed by atoms with Gasteiger partial charge in [0, 0.05) is 13.2 Å². The van der Waals surface area contributed by atoms with E-state index in [4.69, 9.17) is 40.3 Å². The van der Waals surface area contributed by atoms with Gasteiger partial charge in [-0.1, -0.05) is 30.3 Å². The van der Waals surface area contributed by atoms with Crippen LogP contribution in [0.25, 0.3) is 11.0 Å². The molecule has 3 aromatic rings. The van der Waals surface area contributed by atoms with Gasteiger partial charge in [0.15, 0.2) is 12.0 Å². The van der Waals surface area contributed by atoms with Gasteiger partial charge in [-0.05, 0) is 44.0 Å². The van der Waals surface area contributed by atoms with Crippen LogP contribution < -0.4 is 4.90 Å². The molecule has 0 bridgehead atoms. The molecular formula is C24H30ClN4O7P. The smallest absolute Gasteiger partial charge is 0.350 e. The number of nitrogens with zero attached hydrogens (tertiary/aromatic N) is 4. The molecule has 0 saturated carbocycles. The molecule has 2 N–H and O–H groups in total. The Morgan fingerprint density at radius 3 is 2.59 bits per heavy atom. The lowest BCUT2D eigenvalue weighted by Gasteiger charge is -2.27. The Balaban J connectivity index is 1.47. The first kappa shape index (κ1) is 26.5. The normalized spacial score (nSPS) is 25.9. The SMILES string of the molecule is CC(c1ccccc1)N(C)c1nc(Cl)nc2c1ccn2[C@@H]1O[C@H](COCP(=O)(O)O)[C@H]2OC(C)(C)O[C@H]21. The fraction of sp³-hybridized carbons (Fsp3) is 0.500. The van der Waals surface area contributed by atoms with Crippen molar-refractivity contribution in [1.82, 2.24) is 14.5 Å². The molecule has 200 valence electrons. The average Bonchev–Trinajstić information content (AvgIpc) is 3.48. The van der Waals surface area contributed by atoms with E-state index in [0.29, 0.717) is 11.5 Å². The topological polar surface area (TPSA) is 128 Å². The molecular weight excluding hydrogens is 523 g/mol. The lowest BCUT2D eigenvalue weighted by Crippen LogP contribution is -2.33. The van der Waals surface area contributed by atoms with Crippen LogP contribution in [0.2, 0.25) is 5.28 Å². The Labute approximate surface area is 219 Å². The van der Waals surface area contributed by atoms with E-state index < -0.39 is 44.3 Å². The third kappa shape index (κ3) is 5.41. The molecule has 2 aliphatic heterocycles. The summed E-state index contributed by atoms with van der Waals surface area (Å²) in [4.78, 5) is 29.4. The summed E-state index contributed by atoms with van der Waals surface area (Å²) in [6.07, 6.45) is -1.12. The third-order valence-electron chi connectivity index (χ3n) is 6.66. The van der Waals surface area contributed by atoms with Gasteiger partial charge in [0.1, 0.15) is 36.1 Å². The first-order valence-electron chi connectivity index (χ1n) is 11.9. The van der Waals surface area contributed by atoms with Crippen molar-refractivity contribution in [2.45, 2.75) is 57.1 Å². The second kappa shape index (κ2) is 9.91.